The molecule has 2 heterocycles. The van der Waals surface area contributed by atoms with E-state index in [0.717, 1.165) is 22.2 Å². The van der Waals surface area contributed by atoms with Crippen LogP contribution < -0.4 is 5.73 Å². The van der Waals surface area contributed by atoms with E-state index in [0.29, 0.717) is 23.8 Å². The molecule has 0 aliphatic heterocycles. The first-order valence-corrected chi connectivity index (χ1v) is 9.08. The summed E-state index contributed by atoms with van der Waals surface area (Å²) in [5, 5.41) is 9.96. The van der Waals surface area contributed by atoms with Gasteiger partial charge in [-0.15, -0.1) is 10.2 Å². The average molecular weight is 377 g/mol. The third-order valence-corrected chi connectivity index (χ3v) is 4.85. The number of nitrogens with zero attached hydrogens (tertiary/aromatic N) is 3. The van der Waals surface area contributed by atoms with Gasteiger partial charge in [0.05, 0.1) is 12.8 Å². The standard InChI is InChI=1S/C17H17ClN4O2S/c18-13-5-3-12(4-6-13)11-25-17-21-20-16(8-7-15(19)23)22(17)10-14-2-1-9-24-14/h1-6,9H,7-8,10-11H2,(H2,19,23). The molecule has 1 amide bonds. The number of aryl methyl sites for hydroxylation is 1. The Balaban J connectivity index is 1.76. The zero-order valence-corrected chi connectivity index (χ0v) is 15.0. The molecular weight excluding hydrogens is 360 g/mol. The summed E-state index contributed by atoms with van der Waals surface area (Å²) >= 11 is 7.49. The lowest BCUT2D eigenvalue weighted by atomic mass is 10.2. The van der Waals surface area contributed by atoms with Crippen LogP contribution in [0.5, 0.6) is 0 Å². The second-order valence-electron chi connectivity index (χ2n) is 5.45. The number of furan rings is 1. The molecule has 3 rings (SSSR count). The summed E-state index contributed by atoms with van der Waals surface area (Å²) in [6.07, 6.45) is 2.31. The van der Waals surface area contributed by atoms with Gasteiger partial charge in [0.1, 0.15) is 11.6 Å². The van der Waals surface area contributed by atoms with Crippen LogP contribution >= 0.6 is 23.4 Å². The Kier molecular flexibility index (Phi) is 5.78. The number of primary amides is 1. The van der Waals surface area contributed by atoms with Crippen LogP contribution in [0.15, 0.2) is 52.2 Å². The smallest absolute Gasteiger partial charge is 0.217 e. The first-order valence-electron chi connectivity index (χ1n) is 7.72. The highest BCUT2D eigenvalue weighted by atomic mass is 35.5. The minimum atomic E-state index is -0.358. The van der Waals surface area contributed by atoms with Gasteiger partial charge in [-0.1, -0.05) is 35.5 Å². The lowest BCUT2D eigenvalue weighted by Gasteiger charge is -2.08. The van der Waals surface area contributed by atoms with Crippen molar-refractivity contribution in [3.8, 4) is 0 Å². The summed E-state index contributed by atoms with van der Waals surface area (Å²) in [4.78, 5) is 11.1. The maximum atomic E-state index is 11.1. The van der Waals surface area contributed by atoms with Crippen molar-refractivity contribution >= 4 is 29.3 Å². The molecule has 0 spiro atoms. The van der Waals surface area contributed by atoms with E-state index in [4.69, 9.17) is 21.8 Å². The van der Waals surface area contributed by atoms with Gasteiger partial charge in [0.2, 0.25) is 5.91 Å². The first kappa shape index (κ1) is 17.6. The number of aromatic nitrogens is 3. The van der Waals surface area contributed by atoms with Crippen LogP contribution in [0.1, 0.15) is 23.6 Å². The number of hydrogen-bond donors (Lipinski definition) is 1. The maximum Gasteiger partial charge on any atom is 0.217 e. The topological polar surface area (TPSA) is 86.9 Å². The fourth-order valence-corrected chi connectivity index (χ4v) is 3.33. The number of carbonyl (C=O) groups excluding carboxylic acids is 1. The minimum absolute atomic E-state index is 0.234. The predicted octanol–water partition coefficient (Wildman–Crippen LogP) is 3.28. The molecule has 0 fully saturated rings. The van der Waals surface area contributed by atoms with Crippen LogP contribution in [-0.4, -0.2) is 20.7 Å². The Morgan fingerprint density at radius 2 is 2.04 bits per heavy atom. The molecule has 0 aliphatic rings. The Morgan fingerprint density at radius 3 is 2.72 bits per heavy atom. The number of rotatable bonds is 8. The molecule has 2 aromatic heterocycles. The van der Waals surface area contributed by atoms with Crippen molar-refractivity contribution in [2.45, 2.75) is 30.3 Å². The molecule has 0 unspecified atom stereocenters. The van der Waals surface area contributed by atoms with Crippen molar-refractivity contribution in [1.82, 2.24) is 14.8 Å². The number of thioether (sulfide) groups is 1. The number of benzene rings is 1. The van der Waals surface area contributed by atoms with Gasteiger partial charge in [0, 0.05) is 23.6 Å². The van der Waals surface area contributed by atoms with E-state index in [9.17, 15) is 4.79 Å². The summed E-state index contributed by atoms with van der Waals surface area (Å²) in [5.74, 6) is 1.90. The average Bonchev–Trinajstić information content (AvgIpc) is 3.23. The van der Waals surface area contributed by atoms with Gasteiger partial charge >= 0.3 is 0 Å². The van der Waals surface area contributed by atoms with Crippen molar-refractivity contribution in [3.05, 3.63) is 64.8 Å². The molecule has 8 heteroatoms. The van der Waals surface area contributed by atoms with Crippen LogP contribution in [0.3, 0.4) is 0 Å². The lowest BCUT2D eigenvalue weighted by molar-refractivity contribution is -0.118. The van der Waals surface area contributed by atoms with E-state index >= 15 is 0 Å². The molecule has 25 heavy (non-hydrogen) atoms. The van der Waals surface area contributed by atoms with Gasteiger partial charge in [-0.25, -0.2) is 0 Å². The second-order valence-corrected chi connectivity index (χ2v) is 6.82. The number of amides is 1. The van der Waals surface area contributed by atoms with Gasteiger partial charge < -0.3 is 10.2 Å². The maximum absolute atomic E-state index is 11.1. The van der Waals surface area contributed by atoms with E-state index in [-0.39, 0.29) is 12.3 Å². The number of halogens is 1. The van der Waals surface area contributed by atoms with Crippen molar-refractivity contribution < 1.29 is 9.21 Å². The highest BCUT2D eigenvalue weighted by Gasteiger charge is 2.15. The number of hydrogen-bond acceptors (Lipinski definition) is 5. The van der Waals surface area contributed by atoms with Crippen molar-refractivity contribution in [2.24, 2.45) is 5.73 Å². The van der Waals surface area contributed by atoms with E-state index in [2.05, 4.69) is 10.2 Å². The Labute approximate surface area is 154 Å². The van der Waals surface area contributed by atoms with Gasteiger partial charge in [-0.2, -0.15) is 0 Å². The third kappa shape index (κ3) is 4.87. The van der Waals surface area contributed by atoms with E-state index in [1.807, 2.05) is 41.0 Å². The summed E-state index contributed by atoms with van der Waals surface area (Å²) < 4.78 is 7.39. The number of nitrogens with two attached hydrogens (primary N) is 1. The second kappa shape index (κ2) is 8.22. The molecule has 0 bridgehead atoms. The van der Waals surface area contributed by atoms with Gasteiger partial charge in [0.15, 0.2) is 5.16 Å². The van der Waals surface area contributed by atoms with Crippen LogP contribution in [0.25, 0.3) is 0 Å². The fourth-order valence-electron chi connectivity index (χ4n) is 2.29. The molecule has 0 aliphatic carbocycles. The molecule has 6 nitrogen and oxygen atoms in total. The summed E-state index contributed by atoms with van der Waals surface area (Å²) in [6.45, 7) is 0.511. The summed E-state index contributed by atoms with van der Waals surface area (Å²) in [5.41, 5.74) is 6.39. The van der Waals surface area contributed by atoms with E-state index < -0.39 is 0 Å². The Bertz CT molecular complexity index is 831. The number of carbonyl (C=O) groups is 1. The zero-order chi connectivity index (χ0) is 17.6. The van der Waals surface area contributed by atoms with Crippen LogP contribution in [0, 0.1) is 0 Å². The van der Waals surface area contributed by atoms with Crippen molar-refractivity contribution in [1.29, 1.82) is 0 Å². The minimum Gasteiger partial charge on any atom is -0.467 e. The molecular formula is C17H17ClN4O2S. The van der Waals surface area contributed by atoms with E-state index in [1.165, 1.54) is 0 Å². The van der Waals surface area contributed by atoms with E-state index in [1.54, 1.807) is 18.0 Å². The normalized spacial score (nSPS) is 10.9. The molecule has 3 aromatic rings. The van der Waals surface area contributed by atoms with Crippen LogP contribution in [0.4, 0.5) is 0 Å². The quantitative estimate of drug-likeness (QED) is 0.609. The monoisotopic (exact) mass is 376 g/mol. The highest BCUT2D eigenvalue weighted by Crippen LogP contribution is 2.24. The lowest BCUT2D eigenvalue weighted by Crippen LogP contribution is -2.14. The third-order valence-electron chi connectivity index (χ3n) is 3.56. The Morgan fingerprint density at radius 1 is 1.24 bits per heavy atom. The van der Waals surface area contributed by atoms with Crippen molar-refractivity contribution in [2.75, 3.05) is 0 Å². The largest absolute Gasteiger partial charge is 0.467 e. The zero-order valence-electron chi connectivity index (χ0n) is 13.4. The highest BCUT2D eigenvalue weighted by molar-refractivity contribution is 7.98. The summed E-state index contributed by atoms with van der Waals surface area (Å²) in [7, 11) is 0. The van der Waals surface area contributed by atoms with Crippen LogP contribution in [0.2, 0.25) is 5.02 Å². The van der Waals surface area contributed by atoms with Crippen molar-refractivity contribution in [3.63, 3.8) is 0 Å². The Hall–Kier alpha value is -2.25. The molecule has 0 atom stereocenters. The molecule has 2 N–H and O–H groups in total. The first-order chi connectivity index (χ1) is 12.1. The molecule has 130 valence electrons. The molecule has 0 saturated carbocycles. The molecule has 0 radical (unpaired) electrons. The molecule has 1 aromatic carbocycles. The summed E-state index contributed by atoms with van der Waals surface area (Å²) in [6, 6.07) is 11.4. The predicted molar refractivity (Wildman–Crippen MR) is 96.4 cm³/mol. The SMILES string of the molecule is NC(=O)CCc1nnc(SCc2ccc(Cl)cc2)n1Cc1ccco1. The molecule has 0 saturated heterocycles. The van der Waals surface area contributed by atoms with Gasteiger partial charge in [-0.05, 0) is 29.8 Å². The van der Waals surface area contributed by atoms with Gasteiger partial charge in [0.25, 0.3) is 0 Å². The van der Waals surface area contributed by atoms with Crippen LogP contribution in [-0.2, 0) is 23.5 Å². The van der Waals surface area contributed by atoms with Gasteiger partial charge in [-0.3, -0.25) is 9.36 Å². The fraction of sp³-hybridized carbons (Fsp3) is 0.235.